The molecule has 1 saturated heterocycles. The van der Waals surface area contributed by atoms with Gasteiger partial charge in [0.25, 0.3) is 5.56 Å². The van der Waals surface area contributed by atoms with E-state index in [0.29, 0.717) is 48.0 Å². The summed E-state index contributed by atoms with van der Waals surface area (Å²) in [6.45, 7) is 6.58. The Morgan fingerprint density at radius 3 is 2.46 bits per heavy atom. The fourth-order valence-electron chi connectivity index (χ4n) is 5.37. The zero-order valence-corrected chi connectivity index (χ0v) is 23.1. The van der Waals surface area contributed by atoms with Crippen LogP contribution in [0.5, 0.6) is 0 Å². The number of aromatic nitrogens is 2. The third kappa shape index (κ3) is 5.91. The molecule has 0 saturated carbocycles. The molecule has 1 amide bonds. The molecule has 7 nitrogen and oxygen atoms in total. The zero-order chi connectivity index (χ0) is 27.4. The molecule has 1 aliphatic rings. The summed E-state index contributed by atoms with van der Waals surface area (Å²) < 4.78 is 7.43. The van der Waals surface area contributed by atoms with Gasteiger partial charge in [0.1, 0.15) is 12.4 Å². The van der Waals surface area contributed by atoms with Crippen LogP contribution in [0, 0.1) is 0 Å². The van der Waals surface area contributed by atoms with Gasteiger partial charge in [-0.05, 0) is 55.3 Å². The summed E-state index contributed by atoms with van der Waals surface area (Å²) in [7, 11) is 0. The summed E-state index contributed by atoms with van der Waals surface area (Å²) >= 11 is 6.15. The lowest BCUT2D eigenvalue weighted by atomic mass is 10.1. The van der Waals surface area contributed by atoms with E-state index >= 15 is 0 Å². The van der Waals surface area contributed by atoms with E-state index in [2.05, 4.69) is 18.7 Å². The molecule has 8 heteroatoms. The molecule has 0 N–H and O–H groups in total. The highest BCUT2D eigenvalue weighted by Crippen LogP contribution is 2.28. The minimum Gasteiger partial charge on any atom is -0.367 e. The number of hydrogen-bond donors (Lipinski definition) is 0. The summed E-state index contributed by atoms with van der Waals surface area (Å²) in [6, 6.07) is 24.5. The summed E-state index contributed by atoms with van der Waals surface area (Å²) in [6.07, 6.45) is 0.763. The maximum Gasteiger partial charge on any atom is 0.266 e. The van der Waals surface area contributed by atoms with Crippen LogP contribution < -0.4 is 5.56 Å². The van der Waals surface area contributed by atoms with Crippen molar-refractivity contribution in [2.75, 3.05) is 26.2 Å². The van der Waals surface area contributed by atoms with E-state index in [4.69, 9.17) is 21.3 Å². The molecule has 2 heterocycles. The van der Waals surface area contributed by atoms with Crippen LogP contribution in [0.2, 0.25) is 5.02 Å². The van der Waals surface area contributed by atoms with Crippen molar-refractivity contribution in [1.82, 2.24) is 19.4 Å². The van der Waals surface area contributed by atoms with Crippen molar-refractivity contribution >= 4 is 28.4 Å². The second-order valence-electron chi connectivity index (χ2n) is 9.94. The third-order valence-electron chi connectivity index (χ3n) is 7.33. The molecule has 2 atom stereocenters. The van der Waals surface area contributed by atoms with E-state index in [1.165, 1.54) is 0 Å². The van der Waals surface area contributed by atoms with Crippen molar-refractivity contribution in [3.8, 4) is 5.69 Å². The lowest BCUT2D eigenvalue weighted by Gasteiger charge is -2.43. The van der Waals surface area contributed by atoms with Gasteiger partial charge in [-0.25, -0.2) is 4.98 Å². The van der Waals surface area contributed by atoms with Crippen molar-refractivity contribution in [3.63, 3.8) is 0 Å². The second-order valence-corrected chi connectivity index (χ2v) is 10.4. The molecule has 0 spiro atoms. The van der Waals surface area contributed by atoms with Crippen molar-refractivity contribution < 1.29 is 9.53 Å². The molecule has 2 unspecified atom stereocenters. The standard InChI is InChI=1S/C31H33ClN4O3/c1-3-28(34-17-18-35(22(2)19-34)29(37)21-39-20-23-9-5-4-6-10-23)30-33-27-12-8-7-11-26(27)31(38)36(30)25-15-13-24(32)14-16-25/h4-16,22,28H,3,17-21H2,1-2H3. The molecule has 1 fully saturated rings. The van der Waals surface area contributed by atoms with Crippen LogP contribution in [0.3, 0.4) is 0 Å². The monoisotopic (exact) mass is 544 g/mol. The Morgan fingerprint density at radius 2 is 1.74 bits per heavy atom. The van der Waals surface area contributed by atoms with E-state index in [9.17, 15) is 9.59 Å². The molecule has 0 aliphatic carbocycles. The first-order valence-electron chi connectivity index (χ1n) is 13.4. The lowest BCUT2D eigenvalue weighted by molar-refractivity contribution is -0.141. The van der Waals surface area contributed by atoms with Crippen molar-refractivity contribution in [1.29, 1.82) is 0 Å². The molecule has 4 aromatic rings. The molecule has 0 radical (unpaired) electrons. The Kier molecular flexibility index (Phi) is 8.41. The third-order valence-corrected chi connectivity index (χ3v) is 7.58. The van der Waals surface area contributed by atoms with Crippen LogP contribution in [0.1, 0.15) is 37.7 Å². The fourth-order valence-corrected chi connectivity index (χ4v) is 5.50. The minimum absolute atomic E-state index is 0.00298. The van der Waals surface area contributed by atoms with Gasteiger partial charge < -0.3 is 9.64 Å². The zero-order valence-electron chi connectivity index (χ0n) is 22.3. The SMILES string of the molecule is CCC(c1nc2ccccc2c(=O)n1-c1ccc(Cl)cc1)N1CCN(C(=O)COCc2ccccc2)C(C)C1. The summed E-state index contributed by atoms with van der Waals surface area (Å²) in [5.74, 6) is 0.690. The number of para-hydroxylation sites is 1. The van der Waals surface area contributed by atoms with Gasteiger partial charge >= 0.3 is 0 Å². The van der Waals surface area contributed by atoms with Crippen LogP contribution in [0.25, 0.3) is 16.6 Å². The van der Waals surface area contributed by atoms with Gasteiger partial charge in [-0.1, -0.05) is 61.0 Å². The Morgan fingerprint density at radius 1 is 1.03 bits per heavy atom. The maximum atomic E-state index is 13.8. The number of piperazine rings is 1. The Balaban J connectivity index is 1.37. The van der Waals surface area contributed by atoms with Gasteiger partial charge in [0.15, 0.2) is 0 Å². The predicted molar refractivity (Wildman–Crippen MR) is 154 cm³/mol. The summed E-state index contributed by atoms with van der Waals surface area (Å²) in [4.78, 5) is 36.0. The Labute approximate surface area is 233 Å². The first-order chi connectivity index (χ1) is 19.0. The highest BCUT2D eigenvalue weighted by molar-refractivity contribution is 6.30. The number of rotatable bonds is 8. The second kappa shape index (κ2) is 12.1. The van der Waals surface area contributed by atoms with E-state index in [1.807, 2.05) is 71.6 Å². The number of benzene rings is 3. The maximum absolute atomic E-state index is 13.8. The molecule has 5 rings (SSSR count). The van der Waals surface area contributed by atoms with Crippen molar-refractivity contribution in [2.24, 2.45) is 0 Å². The lowest BCUT2D eigenvalue weighted by Crippen LogP contribution is -2.55. The van der Waals surface area contributed by atoms with Crippen molar-refractivity contribution in [2.45, 2.75) is 39.0 Å². The number of halogens is 1. The highest BCUT2D eigenvalue weighted by Gasteiger charge is 2.33. The van der Waals surface area contributed by atoms with Gasteiger partial charge in [-0.3, -0.25) is 19.1 Å². The Bertz CT molecular complexity index is 1490. The van der Waals surface area contributed by atoms with Gasteiger partial charge in [0.2, 0.25) is 5.91 Å². The normalized spacial score (nSPS) is 16.9. The topological polar surface area (TPSA) is 67.7 Å². The predicted octanol–water partition coefficient (Wildman–Crippen LogP) is 5.24. The summed E-state index contributed by atoms with van der Waals surface area (Å²) in [5, 5.41) is 1.18. The molecular formula is C31H33ClN4O3. The smallest absolute Gasteiger partial charge is 0.266 e. The van der Waals surface area contributed by atoms with E-state index in [0.717, 1.165) is 17.7 Å². The van der Waals surface area contributed by atoms with Crippen LogP contribution in [-0.4, -0.2) is 57.5 Å². The fraction of sp³-hybridized carbons (Fsp3) is 0.323. The molecule has 202 valence electrons. The molecule has 39 heavy (non-hydrogen) atoms. The Hall–Kier alpha value is -3.52. The van der Waals surface area contributed by atoms with Crippen LogP contribution in [-0.2, 0) is 16.1 Å². The molecule has 0 bridgehead atoms. The first-order valence-corrected chi connectivity index (χ1v) is 13.8. The van der Waals surface area contributed by atoms with E-state index < -0.39 is 0 Å². The van der Waals surface area contributed by atoms with Gasteiger partial charge in [-0.2, -0.15) is 0 Å². The van der Waals surface area contributed by atoms with Gasteiger partial charge in [0.05, 0.1) is 29.2 Å². The van der Waals surface area contributed by atoms with Crippen molar-refractivity contribution in [3.05, 3.63) is 106 Å². The molecule has 1 aliphatic heterocycles. The first kappa shape index (κ1) is 27.1. The number of carbonyl (C=O) groups excluding carboxylic acids is 1. The van der Waals surface area contributed by atoms with E-state index in [1.54, 1.807) is 16.7 Å². The van der Waals surface area contributed by atoms with Crippen LogP contribution in [0.4, 0.5) is 0 Å². The number of ether oxygens (including phenoxy) is 1. The molecule has 1 aromatic heterocycles. The number of carbonyl (C=O) groups is 1. The number of nitrogens with zero attached hydrogens (tertiary/aromatic N) is 4. The minimum atomic E-state index is -0.105. The average molecular weight is 545 g/mol. The van der Waals surface area contributed by atoms with Gasteiger partial charge in [-0.15, -0.1) is 0 Å². The molecule has 3 aromatic carbocycles. The molecular weight excluding hydrogens is 512 g/mol. The highest BCUT2D eigenvalue weighted by atomic mass is 35.5. The largest absolute Gasteiger partial charge is 0.367 e. The number of hydrogen-bond acceptors (Lipinski definition) is 5. The van der Waals surface area contributed by atoms with Crippen LogP contribution >= 0.6 is 11.6 Å². The number of amides is 1. The average Bonchev–Trinajstić information content (AvgIpc) is 2.95. The quantitative estimate of drug-likeness (QED) is 0.303. The van der Waals surface area contributed by atoms with Gasteiger partial charge in [0, 0.05) is 30.7 Å². The summed E-state index contributed by atoms with van der Waals surface area (Å²) in [5.41, 5.74) is 2.35. The van der Waals surface area contributed by atoms with Crippen LogP contribution in [0.15, 0.2) is 83.7 Å². The number of fused-ring (bicyclic) bond motifs is 1. The van der Waals surface area contributed by atoms with E-state index in [-0.39, 0.29) is 30.2 Å².